The Morgan fingerprint density at radius 2 is 2.15 bits per heavy atom. The van der Waals surface area contributed by atoms with Gasteiger partial charge in [-0.05, 0) is 20.9 Å². The zero-order valence-electron chi connectivity index (χ0n) is 12.0. The van der Waals surface area contributed by atoms with Crippen LogP contribution in [0.2, 0.25) is 0 Å². The highest BCUT2D eigenvalue weighted by molar-refractivity contribution is 7.16. The summed E-state index contributed by atoms with van der Waals surface area (Å²) in [5.41, 5.74) is 1.87. The SMILES string of the molecule is CNCC(C)C(=O)Nc1nc(-c2sc(C)nc2C)cs1. The van der Waals surface area contributed by atoms with Gasteiger partial charge in [-0.3, -0.25) is 4.79 Å². The molecule has 0 aliphatic carbocycles. The Kier molecular flexibility index (Phi) is 4.85. The largest absolute Gasteiger partial charge is 0.319 e. The first kappa shape index (κ1) is 15.1. The minimum atomic E-state index is -0.0836. The van der Waals surface area contributed by atoms with Gasteiger partial charge in [0.25, 0.3) is 0 Å². The van der Waals surface area contributed by atoms with E-state index in [0.717, 1.165) is 21.3 Å². The van der Waals surface area contributed by atoms with Crippen molar-refractivity contribution in [2.24, 2.45) is 5.92 Å². The van der Waals surface area contributed by atoms with E-state index in [2.05, 4.69) is 20.6 Å². The number of aromatic nitrogens is 2. The molecule has 0 bridgehead atoms. The van der Waals surface area contributed by atoms with Crippen molar-refractivity contribution in [2.75, 3.05) is 18.9 Å². The van der Waals surface area contributed by atoms with Crippen LogP contribution >= 0.6 is 22.7 Å². The normalized spacial score (nSPS) is 12.4. The van der Waals surface area contributed by atoms with E-state index in [4.69, 9.17) is 0 Å². The molecule has 1 atom stereocenters. The monoisotopic (exact) mass is 310 g/mol. The average molecular weight is 310 g/mol. The van der Waals surface area contributed by atoms with E-state index in [1.807, 2.05) is 33.2 Å². The summed E-state index contributed by atoms with van der Waals surface area (Å²) >= 11 is 3.07. The van der Waals surface area contributed by atoms with Crippen molar-refractivity contribution in [3.8, 4) is 10.6 Å². The highest BCUT2D eigenvalue weighted by Crippen LogP contribution is 2.32. The van der Waals surface area contributed by atoms with Crippen LogP contribution in [0.25, 0.3) is 10.6 Å². The van der Waals surface area contributed by atoms with Gasteiger partial charge in [0.15, 0.2) is 5.13 Å². The van der Waals surface area contributed by atoms with Crippen LogP contribution in [-0.4, -0.2) is 29.5 Å². The van der Waals surface area contributed by atoms with Gasteiger partial charge in [0.1, 0.15) is 0 Å². The molecule has 0 saturated heterocycles. The van der Waals surface area contributed by atoms with Crippen LogP contribution in [0.1, 0.15) is 17.6 Å². The van der Waals surface area contributed by atoms with Crippen LogP contribution in [0.3, 0.4) is 0 Å². The molecule has 2 aromatic heterocycles. The zero-order valence-corrected chi connectivity index (χ0v) is 13.6. The maximum absolute atomic E-state index is 11.9. The summed E-state index contributed by atoms with van der Waals surface area (Å²) in [6.07, 6.45) is 0. The van der Waals surface area contributed by atoms with Gasteiger partial charge in [0.05, 0.1) is 21.3 Å². The van der Waals surface area contributed by atoms with E-state index >= 15 is 0 Å². The molecule has 0 spiro atoms. The van der Waals surface area contributed by atoms with Crippen LogP contribution < -0.4 is 10.6 Å². The Hall–Kier alpha value is -1.31. The molecule has 0 radical (unpaired) electrons. The fraction of sp³-hybridized carbons (Fsp3) is 0.462. The van der Waals surface area contributed by atoms with Gasteiger partial charge in [-0.25, -0.2) is 9.97 Å². The molecule has 7 heteroatoms. The first-order valence-corrected chi connectivity index (χ1v) is 8.06. The number of anilines is 1. The Labute approximate surface area is 126 Å². The zero-order chi connectivity index (χ0) is 14.7. The standard InChI is InChI=1S/C13H18N4OS2/c1-7(5-14-4)12(18)17-13-16-10(6-19-13)11-8(2)15-9(3)20-11/h6-7,14H,5H2,1-4H3,(H,16,17,18). The summed E-state index contributed by atoms with van der Waals surface area (Å²) in [5.74, 6) is -0.0998. The second-order valence-corrected chi connectivity index (χ2v) is 6.69. The van der Waals surface area contributed by atoms with Gasteiger partial charge in [-0.15, -0.1) is 22.7 Å². The molecule has 2 N–H and O–H groups in total. The predicted octanol–water partition coefficient (Wildman–Crippen LogP) is 2.68. The van der Waals surface area contributed by atoms with Gasteiger partial charge in [-0.2, -0.15) is 0 Å². The first-order valence-electron chi connectivity index (χ1n) is 6.36. The number of thiazole rings is 2. The molecule has 5 nitrogen and oxygen atoms in total. The van der Waals surface area contributed by atoms with E-state index < -0.39 is 0 Å². The fourth-order valence-corrected chi connectivity index (χ4v) is 3.49. The number of aryl methyl sites for hydroxylation is 2. The summed E-state index contributed by atoms with van der Waals surface area (Å²) in [6.45, 7) is 6.50. The smallest absolute Gasteiger partial charge is 0.230 e. The van der Waals surface area contributed by atoms with Crippen molar-refractivity contribution in [1.82, 2.24) is 15.3 Å². The van der Waals surface area contributed by atoms with Crippen LogP contribution in [0, 0.1) is 19.8 Å². The molecule has 20 heavy (non-hydrogen) atoms. The number of hydrogen-bond acceptors (Lipinski definition) is 6. The average Bonchev–Trinajstić information content (AvgIpc) is 2.96. The Morgan fingerprint density at radius 3 is 2.75 bits per heavy atom. The summed E-state index contributed by atoms with van der Waals surface area (Å²) in [4.78, 5) is 21.9. The Morgan fingerprint density at radius 1 is 1.40 bits per heavy atom. The molecule has 1 amide bonds. The van der Waals surface area contributed by atoms with E-state index in [1.165, 1.54) is 11.3 Å². The van der Waals surface area contributed by atoms with Crippen molar-refractivity contribution in [3.05, 3.63) is 16.1 Å². The second-order valence-electron chi connectivity index (χ2n) is 4.63. The number of amides is 1. The van der Waals surface area contributed by atoms with Gasteiger partial charge in [-0.1, -0.05) is 6.92 Å². The highest BCUT2D eigenvalue weighted by atomic mass is 32.1. The molecule has 1 unspecified atom stereocenters. The number of carbonyl (C=O) groups excluding carboxylic acids is 1. The molecular formula is C13H18N4OS2. The van der Waals surface area contributed by atoms with Crippen molar-refractivity contribution in [2.45, 2.75) is 20.8 Å². The third-order valence-corrected chi connectivity index (χ3v) is 4.68. The van der Waals surface area contributed by atoms with Gasteiger partial charge in [0.2, 0.25) is 5.91 Å². The molecular weight excluding hydrogens is 292 g/mol. The van der Waals surface area contributed by atoms with Crippen molar-refractivity contribution >= 4 is 33.7 Å². The summed E-state index contributed by atoms with van der Waals surface area (Å²) in [6, 6.07) is 0. The molecule has 0 aliphatic rings. The lowest BCUT2D eigenvalue weighted by atomic mass is 10.2. The number of carbonyl (C=O) groups is 1. The van der Waals surface area contributed by atoms with Crippen LogP contribution in [0.4, 0.5) is 5.13 Å². The lowest BCUT2D eigenvalue weighted by Crippen LogP contribution is -2.28. The maximum Gasteiger partial charge on any atom is 0.230 e. The minimum absolute atomic E-state index is 0.0162. The summed E-state index contributed by atoms with van der Waals surface area (Å²) in [5, 5.41) is 9.47. The quantitative estimate of drug-likeness (QED) is 0.891. The van der Waals surface area contributed by atoms with Crippen molar-refractivity contribution in [3.63, 3.8) is 0 Å². The van der Waals surface area contributed by atoms with Gasteiger partial charge in [0, 0.05) is 17.8 Å². The molecule has 0 fully saturated rings. The fourth-order valence-electron chi connectivity index (χ4n) is 1.83. The second kappa shape index (κ2) is 6.43. The molecule has 2 heterocycles. The number of nitrogens with one attached hydrogen (secondary N) is 2. The highest BCUT2D eigenvalue weighted by Gasteiger charge is 2.15. The first-order chi connectivity index (χ1) is 9.51. The van der Waals surface area contributed by atoms with Crippen LogP contribution in [0.5, 0.6) is 0 Å². The maximum atomic E-state index is 11.9. The molecule has 0 aromatic carbocycles. The van der Waals surface area contributed by atoms with E-state index in [0.29, 0.717) is 11.7 Å². The minimum Gasteiger partial charge on any atom is -0.319 e. The topological polar surface area (TPSA) is 66.9 Å². The van der Waals surface area contributed by atoms with Crippen molar-refractivity contribution in [1.29, 1.82) is 0 Å². The van der Waals surface area contributed by atoms with Gasteiger partial charge < -0.3 is 10.6 Å². The number of hydrogen-bond donors (Lipinski definition) is 2. The molecule has 0 aliphatic heterocycles. The van der Waals surface area contributed by atoms with E-state index in [9.17, 15) is 4.79 Å². The third-order valence-electron chi connectivity index (χ3n) is 2.83. The number of nitrogens with zero attached hydrogens (tertiary/aromatic N) is 2. The van der Waals surface area contributed by atoms with Crippen molar-refractivity contribution < 1.29 is 4.79 Å². The molecule has 0 saturated carbocycles. The third kappa shape index (κ3) is 3.41. The Balaban J connectivity index is 2.10. The van der Waals surface area contributed by atoms with Crippen LogP contribution in [-0.2, 0) is 4.79 Å². The van der Waals surface area contributed by atoms with Crippen LogP contribution in [0.15, 0.2) is 5.38 Å². The summed E-state index contributed by atoms with van der Waals surface area (Å²) < 4.78 is 0. The Bertz CT molecular complexity index is 605. The van der Waals surface area contributed by atoms with E-state index in [-0.39, 0.29) is 11.8 Å². The van der Waals surface area contributed by atoms with E-state index in [1.54, 1.807) is 11.3 Å². The predicted molar refractivity (Wildman–Crippen MR) is 84.4 cm³/mol. The summed E-state index contributed by atoms with van der Waals surface area (Å²) in [7, 11) is 1.83. The molecule has 2 aromatic rings. The number of rotatable bonds is 5. The molecule has 2 rings (SSSR count). The lowest BCUT2D eigenvalue weighted by molar-refractivity contribution is -0.119. The molecule has 108 valence electrons. The lowest BCUT2D eigenvalue weighted by Gasteiger charge is -2.09. The van der Waals surface area contributed by atoms with Gasteiger partial charge >= 0.3 is 0 Å².